The SMILES string of the molecule is CCCNC(=O)Nc1ccc(-c2noc(Cc3ccc(Cl)cc3)n2)cc1. The summed E-state index contributed by atoms with van der Waals surface area (Å²) in [5.74, 6) is 1.04. The molecule has 0 aliphatic heterocycles. The van der Waals surface area contributed by atoms with Crippen LogP contribution in [0, 0.1) is 0 Å². The molecule has 0 bridgehead atoms. The number of rotatable bonds is 6. The van der Waals surface area contributed by atoms with Crippen LogP contribution in [0.3, 0.4) is 0 Å². The smallest absolute Gasteiger partial charge is 0.319 e. The summed E-state index contributed by atoms with van der Waals surface area (Å²) in [4.78, 5) is 16.1. The Labute approximate surface area is 156 Å². The Hall–Kier alpha value is -2.86. The molecule has 134 valence electrons. The molecule has 2 amide bonds. The molecule has 2 N–H and O–H groups in total. The topological polar surface area (TPSA) is 80.0 Å². The number of aromatic nitrogens is 2. The van der Waals surface area contributed by atoms with E-state index < -0.39 is 0 Å². The van der Waals surface area contributed by atoms with Crippen molar-refractivity contribution in [3.8, 4) is 11.4 Å². The maximum absolute atomic E-state index is 11.7. The summed E-state index contributed by atoms with van der Waals surface area (Å²) in [6, 6.07) is 14.6. The van der Waals surface area contributed by atoms with Gasteiger partial charge in [-0.15, -0.1) is 0 Å². The monoisotopic (exact) mass is 370 g/mol. The van der Waals surface area contributed by atoms with E-state index in [4.69, 9.17) is 16.1 Å². The molecule has 1 aromatic heterocycles. The number of carbonyl (C=O) groups excluding carboxylic acids is 1. The fourth-order valence-corrected chi connectivity index (χ4v) is 2.46. The predicted molar refractivity (Wildman–Crippen MR) is 101 cm³/mol. The van der Waals surface area contributed by atoms with Crippen LogP contribution in [-0.2, 0) is 6.42 Å². The zero-order valence-corrected chi connectivity index (χ0v) is 15.1. The molecule has 0 atom stereocenters. The van der Waals surface area contributed by atoms with Crippen LogP contribution >= 0.6 is 11.6 Å². The van der Waals surface area contributed by atoms with Crippen molar-refractivity contribution in [2.24, 2.45) is 0 Å². The number of halogens is 1. The minimum absolute atomic E-state index is 0.218. The number of anilines is 1. The number of nitrogens with one attached hydrogen (secondary N) is 2. The predicted octanol–water partition coefficient (Wildman–Crippen LogP) is 4.51. The van der Waals surface area contributed by atoms with Crippen molar-refractivity contribution >= 4 is 23.3 Å². The summed E-state index contributed by atoms with van der Waals surface area (Å²) < 4.78 is 5.32. The Morgan fingerprint density at radius 1 is 1.12 bits per heavy atom. The van der Waals surface area contributed by atoms with Crippen LogP contribution in [-0.4, -0.2) is 22.7 Å². The van der Waals surface area contributed by atoms with Crippen LogP contribution in [0.2, 0.25) is 5.02 Å². The number of hydrogen-bond donors (Lipinski definition) is 2. The Morgan fingerprint density at radius 2 is 1.85 bits per heavy atom. The summed E-state index contributed by atoms with van der Waals surface area (Å²) in [7, 11) is 0. The van der Waals surface area contributed by atoms with Crippen molar-refractivity contribution in [1.82, 2.24) is 15.5 Å². The van der Waals surface area contributed by atoms with E-state index in [1.165, 1.54) is 0 Å². The van der Waals surface area contributed by atoms with Crippen LogP contribution in [0.25, 0.3) is 11.4 Å². The number of carbonyl (C=O) groups is 1. The molecule has 0 radical (unpaired) electrons. The molecule has 2 aromatic carbocycles. The standard InChI is InChI=1S/C19H19ClN4O2/c1-2-11-21-19(25)22-16-9-5-14(6-10-16)18-23-17(26-24-18)12-13-3-7-15(20)8-4-13/h3-10H,2,11-12H2,1H3,(H2,21,22,25). The molecule has 0 fully saturated rings. The van der Waals surface area contributed by atoms with Gasteiger partial charge in [-0.1, -0.05) is 35.8 Å². The number of urea groups is 1. The van der Waals surface area contributed by atoms with Crippen LogP contribution in [0.1, 0.15) is 24.8 Å². The Balaban J connectivity index is 1.63. The highest BCUT2D eigenvalue weighted by molar-refractivity contribution is 6.30. The third-order valence-corrected chi connectivity index (χ3v) is 3.93. The van der Waals surface area contributed by atoms with Gasteiger partial charge in [0.2, 0.25) is 11.7 Å². The highest BCUT2D eigenvalue weighted by atomic mass is 35.5. The molecule has 0 aliphatic rings. The lowest BCUT2D eigenvalue weighted by molar-refractivity contribution is 0.252. The van der Waals surface area contributed by atoms with E-state index in [-0.39, 0.29) is 6.03 Å². The Bertz CT molecular complexity index is 860. The first kappa shape index (κ1) is 17.9. The molecule has 3 aromatic rings. The van der Waals surface area contributed by atoms with Gasteiger partial charge in [0.1, 0.15) is 0 Å². The minimum atomic E-state index is -0.218. The second-order valence-corrected chi connectivity index (χ2v) is 6.21. The maximum Gasteiger partial charge on any atom is 0.319 e. The molecule has 26 heavy (non-hydrogen) atoms. The third-order valence-electron chi connectivity index (χ3n) is 3.67. The van der Waals surface area contributed by atoms with Crippen molar-refractivity contribution in [3.63, 3.8) is 0 Å². The van der Waals surface area contributed by atoms with Gasteiger partial charge in [-0.3, -0.25) is 0 Å². The number of hydrogen-bond acceptors (Lipinski definition) is 4. The first-order valence-corrected chi connectivity index (χ1v) is 8.74. The third kappa shape index (κ3) is 4.83. The molecule has 0 aliphatic carbocycles. The van der Waals surface area contributed by atoms with Gasteiger partial charge in [0.15, 0.2) is 0 Å². The quantitative estimate of drug-likeness (QED) is 0.668. The molecule has 0 spiro atoms. The highest BCUT2D eigenvalue weighted by Gasteiger charge is 2.10. The average molecular weight is 371 g/mol. The summed E-state index contributed by atoms with van der Waals surface area (Å²) in [6.45, 7) is 2.64. The molecule has 3 rings (SSSR count). The van der Waals surface area contributed by atoms with Gasteiger partial charge in [-0.05, 0) is 48.4 Å². The van der Waals surface area contributed by atoms with E-state index in [0.29, 0.717) is 35.4 Å². The Kier molecular flexibility index (Phi) is 5.86. The van der Waals surface area contributed by atoms with Crippen LogP contribution in [0.5, 0.6) is 0 Å². The van der Waals surface area contributed by atoms with Gasteiger partial charge < -0.3 is 15.2 Å². The largest absolute Gasteiger partial charge is 0.339 e. The van der Waals surface area contributed by atoms with Gasteiger partial charge in [0.05, 0.1) is 6.42 Å². The Morgan fingerprint density at radius 3 is 2.54 bits per heavy atom. The molecule has 0 unspecified atom stereocenters. The highest BCUT2D eigenvalue weighted by Crippen LogP contribution is 2.20. The van der Waals surface area contributed by atoms with Crippen LogP contribution in [0.15, 0.2) is 53.1 Å². The first-order chi connectivity index (χ1) is 12.6. The van der Waals surface area contributed by atoms with E-state index in [9.17, 15) is 4.79 Å². The minimum Gasteiger partial charge on any atom is -0.339 e. The van der Waals surface area contributed by atoms with E-state index in [0.717, 1.165) is 17.5 Å². The molecular weight excluding hydrogens is 352 g/mol. The zero-order valence-electron chi connectivity index (χ0n) is 14.3. The summed E-state index contributed by atoms with van der Waals surface area (Å²) in [5, 5.41) is 10.2. The van der Waals surface area contributed by atoms with Gasteiger partial charge >= 0.3 is 6.03 Å². The maximum atomic E-state index is 11.7. The summed E-state index contributed by atoms with van der Waals surface area (Å²) in [5.41, 5.74) is 2.56. The molecular formula is C19H19ClN4O2. The number of amides is 2. The lowest BCUT2D eigenvalue weighted by Gasteiger charge is -2.06. The number of nitrogens with zero attached hydrogens (tertiary/aromatic N) is 2. The van der Waals surface area contributed by atoms with E-state index in [2.05, 4.69) is 20.8 Å². The number of benzene rings is 2. The summed E-state index contributed by atoms with van der Waals surface area (Å²) in [6.07, 6.45) is 1.43. The zero-order chi connectivity index (χ0) is 18.4. The van der Waals surface area contributed by atoms with Gasteiger partial charge in [-0.25, -0.2) is 4.79 Å². The lowest BCUT2D eigenvalue weighted by atomic mass is 10.1. The van der Waals surface area contributed by atoms with Crippen molar-refractivity contribution in [3.05, 3.63) is 65.0 Å². The molecule has 7 heteroatoms. The van der Waals surface area contributed by atoms with Gasteiger partial charge in [0, 0.05) is 22.8 Å². The first-order valence-electron chi connectivity index (χ1n) is 8.36. The van der Waals surface area contributed by atoms with E-state index in [1.54, 1.807) is 12.1 Å². The second kappa shape index (κ2) is 8.49. The fraction of sp³-hybridized carbons (Fsp3) is 0.211. The average Bonchev–Trinajstić information content (AvgIpc) is 3.11. The van der Waals surface area contributed by atoms with Crippen molar-refractivity contribution in [2.75, 3.05) is 11.9 Å². The van der Waals surface area contributed by atoms with Crippen molar-refractivity contribution in [2.45, 2.75) is 19.8 Å². The molecule has 6 nitrogen and oxygen atoms in total. The van der Waals surface area contributed by atoms with Gasteiger partial charge in [0.25, 0.3) is 0 Å². The molecule has 0 saturated heterocycles. The molecule has 1 heterocycles. The van der Waals surface area contributed by atoms with Crippen molar-refractivity contribution < 1.29 is 9.32 Å². The summed E-state index contributed by atoms with van der Waals surface area (Å²) >= 11 is 5.89. The van der Waals surface area contributed by atoms with Crippen LogP contribution in [0.4, 0.5) is 10.5 Å². The van der Waals surface area contributed by atoms with Crippen LogP contribution < -0.4 is 10.6 Å². The second-order valence-electron chi connectivity index (χ2n) is 5.77. The van der Waals surface area contributed by atoms with E-state index >= 15 is 0 Å². The normalized spacial score (nSPS) is 10.5. The van der Waals surface area contributed by atoms with E-state index in [1.807, 2.05) is 43.3 Å². The van der Waals surface area contributed by atoms with Gasteiger partial charge in [-0.2, -0.15) is 4.98 Å². The fourth-order valence-electron chi connectivity index (χ4n) is 2.34. The molecule has 0 saturated carbocycles. The van der Waals surface area contributed by atoms with Crippen molar-refractivity contribution in [1.29, 1.82) is 0 Å². The lowest BCUT2D eigenvalue weighted by Crippen LogP contribution is -2.29.